The van der Waals surface area contributed by atoms with Crippen LogP contribution in [0.4, 0.5) is 26.3 Å². The van der Waals surface area contributed by atoms with Crippen LogP contribution in [0.3, 0.4) is 0 Å². The van der Waals surface area contributed by atoms with Crippen molar-refractivity contribution in [2.24, 2.45) is 0 Å². The van der Waals surface area contributed by atoms with Gasteiger partial charge in [-0.2, -0.15) is 26.3 Å². The van der Waals surface area contributed by atoms with Crippen LogP contribution in [0, 0.1) is 0 Å². The van der Waals surface area contributed by atoms with Crippen molar-refractivity contribution in [3.63, 3.8) is 0 Å². The zero-order chi connectivity index (χ0) is 20.1. The number of aldehydes is 1. The Kier molecular flexibility index (Phi) is 6.51. The SMILES string of the molecule is O=Cc1cccc(OCCCCc2cc(C(F)(F)F)ccc2C(F)(F)F)c1. The summed E-state index contributed by atoms with van der Waals surface area (Å²) >= 11 is 0. The number of benzene rings is 2. The van der Waals surface area contributed by atoms with Crippen molar-refractivity contribution < 1.29 is 35.9 Å². The molecule has 0 atom stereocenters. The second-order valence-electron chi connectivity index (χ2n) is 5.86. The highest BCUT2D eigenvalue weighted by atomic mass is 19.4. The highest BCUT2D eigenvalue weighted by Gasteiger charge is 2.36. The summed E-state index contributed by atoms with van der Waals surface area (Å²) in [5.41, 5.74) is -2.13. The number of alkyl halides is 6. The third-order valence-electron chi connectivity index (χ3n) is 3.84. The van der Waals surface area contributed by atoms with Crippen molar-refractivity contribution in [2.75, 3.05) is 6.61 Å². The van der Waals surface area contributed by atoms with E-state index >= 15 is 0 Å². The summed E-state index contributed by atoms with van der Waals surface area (Å²) in [7, 11) is 0. The van der Waals surface area contributed by atoms with E-state index in [0.29, 0.717) is 42.2 Å². The molecule has 0 bridgehead atoms. The Bertz CT molecular complexity index is 780. The highest BCUT2D eigenvalue weighted by molar-refractivity contribution is 5.75. The number of ether oxygens (including phenoxy) is 1. The molecule has 2 nitrogen and oxygen atoms in total. The molecule has 0 aliphatic heterocycles. The maximum absolute atomic E-state index is 13.0. The van der Waals surface area contributed by atoms with Crippen LogP contribution in [0.5, 0.6) is 5.75 Å². The van der Waals surface area contributed by atoms with Crippen LogP contribution in [0.15, 0.2) is 42.5 Å². The average Bonchev–Trinajstić information content (AvgIpc) is 2.60. The minimum Gasteiger partial charge on any atom is -0.494 e. The summed E-state index contributed by atoms with van der Waals surface area (Å²) in [6, 6.07) is 7.82. The summed E-state index contributed by atoms with van der Waals surface area (Å²) in [5, 5.41) is 0. The van der Waals surface area contributed by atoms with Gasteiger partial charge in [-0.15, -0.1) is 0 Å². The monoisotopic (exact) mass is 390 g/mol. The zero-order valence-corrected chi connectivity index (χ0v) is 14.0. The van der Waals surface area contributed by atoms with Crippen LogP contribution >= 0.6 is 0 Å². The third-order valence-corrected chi connectivity index (χ3v) is 3.84. The van der Waals surface area contributed by atoms with E-state index in [0.717, 1.165) is 0 Å². The molecule has 146 valence electrons. The molecule has 0 radical (unpaired) electrons. The lowest BCUT2D eigenvalue weighted by molar-refractivity contribution is -0.141. The predicted octanol–water partition coefficient (Wildman–Crippen LogP) is 5.94. The van der Waals surface area contributed by atoms with Crippen LogP contribution < -0.4 is 4.74 Å². The number of hydrogen-bond acceptors (Lipinski definition) is 2. The number of unbranched alkanes of at least 4 members (excludes halogenated alkanes) is 1. The van der Waals surface area contributed by atoms with Gasteiger partial charge in [0.1, 0.15) is 12.0 Å². The van der Waals surface area contributed by atoms with E-state index in [9.17, 15) is 31.1 Å². The van der Waals surface area contributed by atoms with Crippen LogP contribution in [0.1, 0.15) is 39.9 Å². The molecule has 0 aliphatic carbocycles. The summed E-state index contributed by atoms with van der Waals surface area (Å²) in [5.74, 6) is 0.439. The minimum atomic E-state index is -4.72. The van der Waals surface area contributed by atoms with Crippen molar-refractivity contribution in [1.82, 2.24) is 0 Å². The fourth-order valence-corrected chi connectivity index (χ4v) is 2.54. The first kappa shape index (κ1) is 20.8. The van der Waals surface area contributed by atoms with Gasteiger partial charge >= 0.3 is 12.4 Å². The normalized spacial score (nSPS) is 12.1. The van der Waals surface area contributed by atoms with Gasteiger partial charge in [0.15, 0.2) is 0 Å². The molecule has 0 heterocycles. The molecule has 0 saturated heterocycles. The topological polar surface area (TPSA) is 26.3 Å². The summed E-state index contributed by atoms with van der Waals surface area (Å²) in [6.07, 6.45) is -8.36. The molecule has 2 aromatic carbocycles. The lowest BCUT2D eigenvalue weighted by Crippen LogP contribution is -2.13. The van der Waals surface area contributed by atoms with E-state index < -0.39 is 23.5 Å². The van der Waals surface area contributed by atoms with Gasteiger partial charge in [0, 0.05) is 5.56 Å². The molecule has 0 N–H and O–H groups in total. The lowest BCUT2D eigenvalue weighted by atomic mass is 9.98. The quantitative estimate of drug-likeness (QED) is 0.332. The maximum Gasteiger partial charge on any atom is 0.416 e. The van der Waals surface area contributed by atoms with Gasteiger partial charge in [0.25, 0.3) is 0 Å². The van der Waals surface area contributed by atoms with Gasteiger partial charge in [-0.1, -0.05) is 12.1 Å². The van der Waals surface area contributed by atoms with Gasteiger partial charge in [0.05, 0.1) is 17.7 Å². The average molecular weight is 390 g/mol. The number of halogens is 6. The second-order valence-corrected chi connectivity index (χ2v) is 5.86. The number of carbonyl (C=O) groups is 1. The zero-order valence-electron chi connectivity index (χ0n) is 14.0. The second kappa shape index (κ2) is 8.45. The van der Waals surface area contributed by atoms with Crippen LogP contribution in [0.25, 0.3) is 0 Å². The Morgan fingerprint density at radius 3 is 2.26 bits per heavy atom. The summed E-state index contributed by atoms with van der Waals surface area (Å²) in [4.78, 5) is 10.7. The molecule has 0 spiro atoms. The molecule has 0 unspecified atom stereocenters. The van der Waals surface area contributed by atoms with Crippen molar-refractivity contribution in [1.29, 1.82) is 0 Å². The Morgan fingerprint density at radius 2 is 1.63 bits per heavy atom. The standard InChI is InChI=1S/C19H16F6O2/c20-18(21,22)15-7-8-17(19(23,24)25)14(11-15)5-1-2-9-27-16-6-3-4-13(10-16)12-26/h3-4,6-8,10-12H,1-2,5,9H2. The van der Waals surface area contributed by atoms with Crippen molar-refractivity contribution in [2.45, 2.75) is 31.6 Å². The summed E-state index contributed by atoms with van der Waals surface area (Å²) in [6.45, 7) is 0.169. The van der Waals surface area contributed by atoms with Gasteiger partial charge in [-0.25, -0.2) is 0 Å². The molecular formula is C19H16F6O2. The highest BCUT2D eigenvalue weighted by Crippen LogP contribution is 2.37. The molecule has 0 aromatic heterocycles. The first-order valence-corrected chi connectivity index (χ1v) is 8.06. The molecule has 0 fully saturated rings. The number of hydrogen-bond donors (Lipinski definition) is 0. The molecule has 0 aliphatic rings. The Hall–Kier alpha value is -2.51. The first-order valence-electron chi connectivity index (χ1n) is 8.06. The van der Waals surface area contributed by atoms with Crippen LogP contribution in [-0.2, 0) is 18.8 Å². The lowest BCUT2D eigenvalue weighted by Gasteiger charge is -2.16. The fourth-order valence-electron chi connectivity index (χ4n) is 2.54. The Morgan fingerprint density at radius 1 is 0.889 bits per heavy atom. The van der Waals surface area contributed by atoms with Crippen molar-refractivity contribution >= 4 is 6.29 Å². The smallest absolute Gasteiger partial charge is 0.416 e. The predicted molar refractivity (Wildman–Crippen MR) is 86.7 cm³/mol. The molecule has 2 rings (SSSR count). The third kappa shape index (κ3) is 6.01. The van der Waals surface area contributed by atoms with E-state index in [1.54, 1.807) is 18.2 Å². The number of carbonyl (C=O) groups excluding carboxylic acids is 1. The molecule has 2 aromatic rings. The molecule has 0 amide bonds. The largest absolute Gasteiger partial charge is 0.494 e. The molecule has 0 saturated carbocycles. The van der Waals surface area contributed by atoms with E-state index in [1.165, 1.54) is 6.07 Å². The first-order chi connectivity index (χ1) is 12.6. The minimum absolute atomic E-state index is 0.156. The molecular weight excluding hydrogens is 374 g/mol. The van der Waals surface area contributed by atoms with E-state index in [-0.39, 0.29) is 25.0 Å². The maximum atomic E-state index is 13.0. The van der Waals surface area contributed by atoms with Crippen LogP contribution in [-0.4, -0.2) is 12.9 Å². The Balaban J connectivity index is 1.98. The van der Waals surface area contributed by atoms with Gasteiger partial charge in [-0.05, 0) is 55.2 Å². The molecule has 27 heavy (non-hydrogen) atoms. The van der Waals surface area contributed by atoms with E-state index in [1.807, 2.05) is 0 Å². The number of rotatable bonds is 7. The number of aryl methyl sites for hydroxylation is 1. The Labute approximate surface area is 151 Å². The van der Waals surface area contributed by atoms with Gasteiger partial charge in [0.2, 0.25) is 0 Å². The van der Waals surface area contributed by atoms with Gasteiger partial charge < -0.3 is 4.74 Å². The van der Waals surface area contributed by atoms with Crippen molar-refractivity contribution in [3.8, 4) is 5.75 Å². The fraction of sp³-hybridized carbons (Fsp3) is 0.316. The van der Waals surface area contributed by atoms with Gasteiger partial charge in [-0.3, -0.25) is 4.79 Å². The summed E-state index contributed by atoms with van der Waals surface area (Å²) < 4.78 is 82.7. The molecule has 8 heteroatoms. The van der Waals surface area contributed by atoms with Crippen LogP contribution in [0.2, 0.25) is 0 Å². The van der Waals surface area contributed by atoms with E-state index in [4.69, 9.17) is 4.74 Å². The van der Waals surface area contributed by atoms with E-state index in [2.05, 4.69) is 0 Å². The van der Waals surface area contributed by atoms with Crippen molar-refractivity contribution in [3.05, 3.63) is 64.7 Å².